The quantitative estimate of drug-likeness (QED) is 0.536. The van der Waals surface area contributed by atoms with Crippen LogP contribution >= 0.6 is 11.8 Å². The molecule has 0 fully saturated rings. The van der Waals surface area contributed by atoms with Gasteiger partial charge >= 0.3 is 0 Å². The number of Topliss-reactive ketones (excluding diaryl/α,β-unsaturated/α-hetero) is 1. The average molecular weight is 146 g/mol. The van der Waals surface area contributed by atoms with E-state index in [1.807, 2.05) is 0 Å². The van der Waals surface area contributed by atoms with Crippen LogP contribution < -0.4 is 5.73 Å². The third-order valence-electron chi connectivity index (χ3n) is 0.836. The van der Waals surface area contributed by atoms with Gasteiger partial charge in [-0.2, -0.15) is 0 Å². The summed E-state index contributed by atoms with van der Waals surface area (Å²) in [5.74, 6) is -0.266. The van der Waals surface area contributed by atoms with E-state index >= 15 is 0 Å². The highest BCUT2D eigenvalue weighted by Crippen LogP contribution is 2.02. The van der Waals surface area contributed by atoms with E-state index in [-0.39, 0.29) is 12.3 Å². The van der Waals surface area contributed by atoms with Gasteiger partial charge in [0.1, 0.15) is 5.25 Å². The number of carbonyl (C=O) groups excluding carboxylic acids is 2. The Morgan fingerprint density at radius 3 is 2.56 bits per heavy atom. The Bertz CT molecular complexity index is 116. The predicted octanol–water partition coefficient (Wildman–Crippen LogP) is -0.645. The first-order valence-electron chi connectivity index (χ1n) is 2.39. The molecule has 0 saturated heterocycles. The molecule has 0 aromatic rings. The van der Waals surface area contributed by atoms with Gasteiger partial charge in [0.25, 0.3) is 0 Å². The van der Waals surface area contributed by atoms with Crippen LogP contribution in [0.25, 0.3) is 0 Å². The Morgan fingerprint density at radius 1 is 1.89 bits per heavy atom. The zero-order valence-corrected chi connectivity index (χ0v) is 5.90. The van der Waals surface area contributed by atoms with E-state index in [2.05, 4.69) is 0 Å². The number of nitrogens with two attached hydrogens (primary N) is 1. The lowest BCUT2D eigenvalue weighted by Crippen LogP contribution is -2.26. The first-order chi connectivity index (χ1) is 4.26. The molecule has 0 aliphatic rings. The second-order valence-corrected chi connectivity index (χ2v) is 2.35. The lowest BCUT2D eigenvalue weighted by molar-refractivity contribution is -0.116. The SMILES string of the molecule is CSC([C]=O)C(=O)CN. The highest BCUT2D eigenvalue weighted by atomic mass is 32.2. The van der Waals surface area contributed by atoms with Gasteiger partial charge in [-0.3, -0.25) is 9.59 Å². The summed E-state index contributed by atoms with van der Waals surface area (Å²) in [6.07, 6.45) is 3.26. The molecule has 0 heterocycles. The number of ketones is 1. The summed E-state index contributed by atoms with van der Waals surface area (Å²) in [7, 11) is 0. The summed E-state index contributed by atoms with van der Waals surface area (Å²) in [5, 5.41) is -0.685. The number of carbonyl (C=O) groups is 1. The molecule has 0 saturated carbocycles. The van der Waals surface area contributed by atoms with Crippen molar-refractivity contribution in [2.45, 2.75) is 5.25 Å². The van der Waals surface area contributed by atoms with Gasteiger partial charge < -0.3 is 5.73 Å². The molecule has 0 aliphatic heterocycles. The van der Waals surface area contributed by atoms with Crippen LogP contribution in [0.4, 0.5) is 0 Å². The molecule has 0 spiro atoms. The average Bonchev–Trinajstić information content (AvgIpc) is 1.90. The third-order valence-corrected chi connectivity index (χ3v) is 1.67. The molecule has 9 heavy (non-hydrogen) atoms. The van der Waals surface area contributed by atoms with E-state index in [1.165, 1.54) is 0 Å². The molecule has 0 aromatic carbocycles. The minimum absolute atomic E-state index is 0.0826. The van der Waals surface area contributed by atoms with Crippen LogP contribution in [0.3, 0.4) is 0 Å². The van der Waals surface area contributed by atoms with Crippen LogP contribution in [-0.2, 0) is 9.59 Å². The molecule has 4 heteroatoms. The fourth-order valence-electron chi connectivity index (χ4n) is 0.352. The van der Waals surface area contributed by atoms with E-state index < -0.39 is 5.25 Å². The molecule has 0 aliphatic carbocycles. The fourth-order valence-corrected chi connectivity index (χ4v) is 0.808. The first kappa shape index (κ1) is 8.65. The molecule has 0 aromatic heterocycles. The van der Waals surface area contributed by atoms with Crippen LogP contribution in [-0.4, -0.2) is 30.1 Å². The van der Waals surface area contributed by atoms with Gasteiger partial charge in [0.15, 0.2) is 5.78 Å². The first-order valence-corrected chi connectivity index (χ1v) is 3.68. The maximum absolute atomic E-state index is 10.6. The van der Waals surface area contributed by atoms with Crippen molar-refractivity contribution in [1.82, 2.24) is 0 Å². The second-order valence-electron chi connectivity index (χ2n) is 1.40. The molecular formula is C5H8NO2S. The maximum Gasteiger partial charge on any atom is 0.220 e. The minimum atomic E-state index is -0.685. The summed E-state index contributed by atoms with van der Waals surface area (Å²) < 4.78 is 0. The van der Waals surface area contributed by atoms with Gasteiger partial charge in [0.05, 0.1) is 6.54 Å². The van der Waals surface area contributed by atoms with Gasteiger partial charge in [0, 0.05) is 0 Å². The van der Waals surface area contributed by atoms with Crippen LogP contribution in [0.2, 0.25) is 0 Å². The van der Waals surface area contributed by atoms with Crippen molar-refractivity contribution in [2.75, 3.05) is 12.8 Å². The molecule has 0 bridgehead atoms. The number of hydrogen-bond donors (Lipinski definition) is 1. The molecule has 2 N–H and O–H groups in total. The van der Waals surface area contributed by atoms with Gasteiger partial charge in [-0.05, 0) is 6.26 Å². The van der Waals surface area contributed by atoms with Crippen molar-refractivity contribution < 1.29 is 9.59 Å². The van der Waals surface area contributed by atoms with Crippen molar-refractivity contribution in [2.24, 2.45) is 5.73 Å². The predicted molar refractivity (Wildman–Crippen MR) is 37.1 cm³/mol. The highest BCUT2D eigenvalue weighted by molar-refractivity contribution is 8.00. The van der Waals surface area contributed by atoms with E-state index in [4.69, 9.17) is 5.73 Å². The molecule has 3 nitrogen and oxygen atoms in total. The summed E-state index contributed by atoms with van der Waals surface area (Å²) in [4.78, 5) is 20.5. The van der Waals surface area contributed by atoms with Gasteiger partial charge in [-0.25, -0.2) is 0 Å². The van der Waals surface area contributed by atoms with Gasteiger partial charge in [-0.1, -0.05) is 0 Å². The normalized spacial score (nSPS) is 12.7. The third kappa shape index (κ3) is 2.62. The van der Waals surface area contributed by atoms with Gasteiger partial charge in [0.2, 0.25) is 6.29 Å². The largest absolute Gasteiger partial charge is 0.324 e. The smallest absolute Gasteiger partial charge is 0.220 e. The Kier molecular flexibility index (Phi) is 4.35. The van der Waals surface area contributed by atoms with Crippen LogP contribution in [0.15, 0.2) is 0 Å². The summed E-state index contributed by atoms with van der Waals surface area (Å²) >= 11 is 1.15. The Balaban J connectivity index is 3.78. The Labute approximate surface area is 58.0 Å². The fraction of sp³-hybridized carbons (Fsp3) is 0.600. The maximum atomic E-state index is 10.6. The highest BCUT2D eigenvalue weighted by Gasteiger charge is 2.14. The van der Waals surface area contributed by atoms with Crippen LogP contribution in [0.5, 0.6) is 0 Å². The molecule has 0 amide bonds. The lowest BCUT2D eigenvalue weighted by Gasteiger charge is -1.99. The Hall–Kier alpha value is -0.350. The van der Waals surface area contributed by atoms with Crippen molar-refractivity contribution in [3.63, 3.8) is 0 Å². The number of thioether (sulfide) groups is 1. The Morgan fingerprint density at radius 2 is 2.44 bits per heavy atom. The van der Waals surface area contributed by atoms with Crippen molar-refractivity contribution >= 4 is 23.8 Å². The van der Waals surface area contributed by atoms with Gasteiger partial charge in [-0.15, -0.1) is 11.8 Å². The zero-order valence-electron chi connectivity index (χ0n) is 5.09. The lowest BCUT2D eigenvalue weighted by atomic mass is 10.3. The van der Waals surface area contributed by atoms with Crippen LogP contribution in [0, 0.1) is 0 Å². The van der Waals surface area contributed by atoms with Crippen molar-refractivity contribution in [3.05, 3.63) is 0 Å². The summed E-state index contributed by atoms with van der Waals surface area (Å²) in [6.45, 7) is -0.0826. The molecule has 51 valence electrons. The van der Waals surface area contributed by atoms with Crippen molar-refractivity contribution in [1.29, 1.82) is 0 Å². The topological polar surface area (TPSA) is 60.2 Å². The monoisotopic (exact) mass is 146 g/mol. The molecule has 1 unspecified atom stereocenters. The molecular weight excluding hydrogens is 138 g/mol. The molecule has 1 radical (unpaired) electrons. The summed E-state index contributed by atoms with van der Waals surface area (Å²) in [6, 6.07) is 0. The minimum Gasteiger partial charge on any atom is -0.324 e. The standard InChI is InChI=1S/C5H8NO2S/c1-9-5(3-7)4(8)2-6/h5H,2,6H2,1H3. The van der Waals surface area contributed by atoms with E-state index in [9.17, 15) is 9.59 Å². The van der Waals surface area contributed by atoms with E-state index in [0.717, 1.165) is 11.8 Å². The zero-order chi connectivity index (χ0) is 7.28. The van der Waals surface area contributed by atoms with Crippen molar-refractivity contribution in [3.8, 4) is 0 Å². The number of hydrogen-bond acceptors (Lipinski definition) is 4. The summed E-state index contributed by atoms with van der Waals surface area (Å²) in [5.41, 5.74) is 4.98. The second kappa shape index (κ2) is 4.52. The number of rotatable bonds is 4. The van der Waals surface area contributed by atoms with E-state index in [0.29, 0.717) is 0 Å². The molecule has 1 atom stereocenters. The van der Waals surface area contributed by atoms with E-state index in [1.54, 1.807) is 12.5 Å². The molecule has 0 rings (SSSR count). The van der Waals surface area contributed by atoms with Crippen LogP contribution in [0.1, 0.15) is 0 Å².